The number of aromatic nitrogens is 2. The topological polar surface area (TPSA) is 77.2 Å². The van der Waals surface area contributed by atoms with Gasteiger partial charge in [-0.25, -0.2) is 0 Å². The van der Waals surface area contributed by atoms with Crippen molar-refractivity contribution in [3.05, 3.63) is 59.9 Å². The molecular weight excluding hydrogens is 342 g/mol. The molecule has 0 saturated carbocycles. The van der Waals surface area contributed by atoms with E-state index in [2.05, 4.69) is 48.4 Å². The van der Waals surface area contributed by atoms with Crippen LogP contribution in [0.2, 0.25) is 0 Å². The molecule has 1 N–H and O–H groups in total. The number of rotatable bonds is 5. The fourth-order valence-corrected chi connectivity index (χ4v) is 2.58. The number of benzene rings is 2. The van der Waals surface area contributed by atoms with Crippen LogP contribution in [0, 0.1) is 0 Å². The molecule has 0 spiro atoms. The molecule has 0 saturated heterocycles. The van der Waals surface area contributed by atoms with E-state index in [1.54, 1.807) is 31.4 Å². The van der Waals surface area contributed by atoms with Crippen LogP contribution in [0.5, 0.6) is 5.75 Å². The van der Waals surface area contributed by atoms with Crippen molar-refractivity contribution in [2.75, 3.05) is 12.4 Å². The number of nitrogens with zero attached hydrogens (tertiary/aromatic N) is 2. The Morgan fingerprint density at radius 2 is 1.74 bits per heavy atom. The summed E-state index contributed by atoms with van der Waals surface area (Å²) in [5.74, 6) is 1.27. The first-order valence-electron chi connectivity index (χ1n) is 8.72. The Morgan fingerprint density at radius 3 is 2.33 bits per heavy atom. The number of methoxy groups -OCH3 is 1. The number of carbonyl (C=O) groups is 1. The van der Waals surface area contributed by atoms with Crippen LogP contribution in [-0.4, -0.2) is 23.2 Å². The molecule has 0 aliphatic heterocycles. The number of hydrogen-bond acceptors (Lipinski definition) is 5. The van der Waals surface area contributed by atoms with Gasteiger partial charge in [0.25, 0.3) is 5.89 Å². The Morgan fingerprint density at radius 1 is 1.07 bits per heavy atom. The summed E-state index contributed by atoms with van der Waals surface area (Å²) in [5, 5.41) is 6.70. The second kappa shape index (κ2) is 7.61. The van der Waals surface area contributed by atoms with Crippen LogP contribution < -0.4 is 10.1 Å². The highest BCUT2D eigenvalue weighted by atomic mass is 16.5. The molecule has 3 rings (SSSR count). The van der Waals surface area contributed by atoms with Gasteiger partial charge in [-0.1, -0.05) is 38.1 Å². The molecule has 2 aromatic carbocycles. The fraction of sp³-hybridized carbons (Fsp3) is 0.286. The zero-order chi connectivity index (χ0) is 19.4. The van der Waals surface area contributed by atoms with Crippen molar-refractivity contribution in [3.8, 4) is 17.2 Å². The molecule has 0 unspecified atom stereocenters. The summed E-state index contributed by atoms with van der Waals surface area (Å²) in [6.07, 6.45) is 0.0373. The minimum atomic E-state index is -0.212. The summed E-state index contributed by atoms with van der Waals surface area (Å²) in [4.78, 5) is 16.5. The van der Waals surface area contributed by atoms with E-state index in [1.165, 1.54) is 5.56 Å². The van der Waals surface area contributed by atoms with Crippen molar-refractivity contribution in [2.45, 2.75) is 32.6 Å². The molecule has 6 heteroatoms. The number of amides is 1. The van der Waals surface area contributed by atoms with Crippen molar-refractivity contribution >= 4 is 11.6 Å². The fourth-order valence-electron chi connectivity index (χ4n) is 2.58. The molecule has 0 fully saturated rings. The minimum absolute atomic E-state index is 0.0373. The van der Waals surface area contributed by atoms with Gasteiger partial charge in [-0.15, -0.1) is 0 Å². The standard InChI is InChI=1S/C21H23N3O3/c1-21(2,3)15-7-5-14(6-8-15)20-23-18(24-27-20)13-19(25)22-16-9-11-17(26-4)12-10-16/h5-12H,13H2,1-4H3,(H,22,25). The van der Waals surface area contributed by atoms with Gasteiger partial charge < -0.3 is 14.6 Å². The SMILES string of the molecule is COc1ccc(NC(=O)Cc2noc(-c3ccc(C(C)(C)C)cc3)n2)cc1. The maximum atomic E-state index is 12.2. The van der Waals surface area contributed by atoms with Crippen LogP contribution >= 0.6 is 0 Å². The second-order valence-corrected chi connectivity index (χ2v) is 7.30. The van der Waals surface area contributed by atoms with Gasteiger partial charge in [0, 0.05) is 11.3 Å². The maximum Gasteiger partial charge on any atom is 0.257 e. The average Bonchev–Trinajstić information content (AvgIpc) is 3.10. The van der Waals surface area contributed by atoms with Crippen LogP contribution in [0.4, 0.5) is 5.69 Å². The molecular formula is C21H23N3O3. The molecule has 140 valence electrons. The summed E-state index contributed by atoms with van der Waals surface area (Å²) < 4.78 is 10.4. The first kappa shape index (κ1) is 18.6. The van der Waals surface area contributed by atoms with Crippen molar-refractivity contribution in [2.24, 2.45) is 0 Å². The van der Waals surface area contributed by atoms with E-state index in [4.69, 9.17) is 9.26 Å². The van der Waals surface area contributed by atoms with Gasteiger partial charge in [-0.2, -0.15) is 4.98 Å². The smallest absolute Gasteiger partial charge is 0.257 e. The maximum absolute atomic E-state index is 12.2. The molecule has 1 aromatic heterocycles. The van der Waals surface area contributed by atoms with Crippen LogP contribution in [0.15, 0.2) is 53.1 Å². The average molecular weight is 365 g/mol. The Bertz CT molecular complexity index is 907. The highest BCUT2D eigenvalue weighted by molar-refractivity contribution is 5.91. The van der Waals surface area contributed by atoms with E-state index in [0.717, 1.165) is 11.3 Å². The van der Waals surface area contributed by atoms with Crippen molar-refractivity contribution in [3.63, 3.8) is 0 Å². The third kappa shape index (κ3) is 4.73. The number of anilines is 1. The van der Waals surface area contributed by atoms with Gasteiger partial charge in [0.1, 0.15) is 5.75 Å². The van der Waals surface area contributed by atoms with Gasteiger partial charge >= 0.3 is 0 Å². The monoisotopic (exact) mass is 365 g/mol. The van der Waals surface area contributed by atoms with E-state index in [9.17, 15) is 4.79 Å². The lowest BCUT2D eigenvalue weighted by molar-refractivity contribution is -0.115. The predicted octanol–water partition coefficient (Wildman–Crippen LogP) is 4.22. The van der Waals surface area contributed by atoms with E-state index in [1.807, 2.05) is 12.1 Å². The van der Waals surface area contributed by atoms with Gasteiger partial charge in [0.15, 0.2) is 5.82 Å². The molecule has 27 heavy (non-hydrogen) atoms. The highest BCUT2D eigenvalue weighted by Gasteiger charge is 2.16. The van der Waals surface area contributed by atoms with E-state index >= 15 is 0 Å². The number of nitrogens with one attached hydrogen (secondary N) is 1. The predicted molar refractivity (Wildman–Crippen MR) is 104 cm³/mol. The van der Waals surface area contributed by atoms with Gasteiger partial charge in [-0.05, 0) is 47.4 Å². The van der Waals surface area contributed by atoms with E-state index in [0.29, 0.717) is 17.4 Å². The third-order valence-corrected chi connectivity index (χ3v) is 4.16. The first-order chi connectivity index (χ1) is 12.8. The Hall–Kier alpha value is -3.15. The molecule has 1 amide bonds. The zero-order valence-corrected chi connectivity index (χ0v) is 15.9. The molecule has 1 heterocycles. The van der Waals surface area contributed by atoms with E-state index < -0.39 is 0 Å². The summed E-state index contributed by atoms with van der Waals surface area (Å²) >= 11 is 0. The van der Waals surface area contributed by atoms with E-state index in [-0.39, 0.29) is 17.7 Å². The Labute approximate surface area is 158 Å². The minimum Gasteiger partial charge on any atom is -0.497 e. The largest absolute Gasteiger partial charge is 0.497 e. The van der Waals surface area contributed by atoms with Gasteiger partial charge in [0.2, 0.25) is 5.91 Å². The van der Waals surface area contributed by atoms with Gasteiger partial charge in [0.05, 0.1) is 13.5 Å². The number of hydrogen-bond donors (Lipinski definition) is 1. The first-order valence-corrected chi connectivity index (χ1v) is 8.72. The molecule has 0 bridgehead atoms. The quantitative estimate of drug-likeness (QED) is 0.732. The summed E-state index contributed by atoms with van der Waals surface area (Å²) in [5.41, 5.74) is 2.82. The van der Waals surface area contributed by atoms with Crippen LogP contribution in [0.25, 0.3) is 11.5 Å². The Kier molecular flexibility index (Phi) is 5.26. The van der Waals surface area contributed by atoms with Crippen LogP contribution in [0.1, 0.15) is 32.2 Å². The van der Waals surface area contributed by atoms with Crippen molar-refractivity contribution in [1.82, 2.24) is 10.1 Å². The lowest BCUT2D eigenvalue weighted by Gasteiger charge is -2.18. The number of ether oxygens (including phenoxy) is 1. The van der Waals surface area contributed by atoms with Gasteiger partial charge in [-0.3, -0.25) is 4.79 Å². The van der Waals surface area contributed by atoms with Crippen molar-refractivity contribution < 1.29 is 14.1 Å². The zero-order valence-electron chi connectivity index (χ0n) is 15.9. The van der Waals surface area contributed by atoms with Crippen LogP contribution in [0.3, 0.4) is 0 Å². The second-order valence-electron chi connectivity index (χ2n) is 7.30. The molecule has 0 aliphatic carbocycles. The third-order valence-electron chi connectivity index (χ3n) is 4.16. The molecule has 0 atom stereocenters. The summed E-state index contributed by atoms with van der Waals surface area (Å²) in [6.45, 7) is 6.48. The Balaban J connectivity index is 1.64. The normalized spacial score (nSPS) is 11.3. The molecule has 3 aromatic rings. The summed E-state index contributed by atoms with van der Waals surface area (Å²) in [6, 6.07) is 15.1. The molecule has 6 nitrogen and oxygen atoms in total. The van der Waals surface area contributed by atoms with Crippen LogP contribution in [-0.2, 0) is 16.6 Å². The lowest BCUT2D eigenvalue weighted by atomic mass is 9.87. The summed E-state index contributed by atoms with van der Waals surface area (Å²) in [7, 11) is 1.60. The molecule has 0 radical (unpaired) electrons. The number of carbonyl (C=O) groups excluding carboxylic acids is 1. The highest BCUT2D eigenvalue weighted by Crippen LogP contribution is 2.25. The van der Waals surface area contributed by atoms with Crippen molar-refractivity contribution in [1.29, 1.82) is 0 Å². The molecule has 0 aliphatic rings. The lowest BCUT2D eigenvalue weighted by Crippen LogP contribution is -2.15.